The van der Waals surface area contributed by atoms with Crippen molar-refractivity contribution in [2.24, 2.45) is 0 Å². The number of carbonyl (C=O) groups is 1. The Bertz CT molecular complexity index is 733. The second-order valence-corrected chi connectivity index (χ2v) is 5.97. The van der Waals surface area contributed by atoms with E-state index in [4.69, 9.17) is 9.47 Å². The van der Waals surface area contributed by atoms with Gasteiger partial charge in [0.1, 0.15) is 17.3 Å². The van der Waals surface area contributed by atoms with Crippen LogP contribution in [0, 0.1) is 5.82 Å². The lowest BCUT2D eigenvalue weighted by atomic mass is 10.1. The minimum absolute atomic E-state index is 0.159. The van der Waals surface area contributed by atoms with Crippen molar-refractivity contribution in [1.82, 2.24) is 9.88 Å². The first-order valence-corrected chi connectivity index (χ1v) is 8.71. The Morgan fingerprint density at radius 2 is 2.04 bits per heavy atom. The molecule has 138 valence electrons. The van der Waals surface area contributed by atoms with Crippen LogP contribution in [-0.4, -0.2) is 41.7 Å². The highest BCUT2D eigenvalue weighted by Crippen LogP contribution is 2.27. The zero-order valence-electron chi connectivity index (χ0n) is 14.7. The third-order valence-electron chi connectivity index (χ3n) is 4.27. The van der Waals surface area contributed by atoms with E-state index >= 15 is 0 Å². The molecule has 0 spiro atoms. The summed E-state index contributed by atoms with van der Waals surface area (Å²) in [6.45, 7) is 3.89. The monoisotopic (exact) mass is 359 g/mol. The van der Waals surface area contributed by atoms with Crippen LogP contribution in [0.25, 0.3) is 0 Å². The lowest BCUT2D eigenvalue weighted by Gasteiger charge is -2.33. The van der Waals surface area contributed by atoms with E-state index in [-0.39, 0.29) is 23.8 Å². The highest BCUT2D eigenvalue weighted by molar-refractivity contribution is 5.90. The van der Waals surface area contributed by atoms with Crippen LogP contribution < -0.4 is 10.1 Å². The Hall–Kier alpha value is -2.67. The summed E-state index contributed by atoms with van der Waals surface area (Å²) in [5, 5.41) is 2.88. The van der Waals surface area contributed by atoms with Crippen LogP contribution in [0.5, 0.6) is 11.6 Å². The molecule has 2 amide bonds. The number of hydrogen-bond donors (Lipinski definition) is 1. The fourth-order valence-corrected chi connectivity index (χ4v) is 2.93. The van der Waals surface area contributed by atoms with Crippen LogP contribution >= 0.6 is 0 Å². The van der Waals surface area contributed by atoms with Crippen molar-refractivity contribution in [3.05, 3.63) is 48.4 Å². The minimum Gasteiger partial charge on any atom is -0.437 e. The zero-order valence-corrected chi connectivity index (χ0v) is 14.7. The maximum absolute atomic E-state index is 13.0. The number of halogens is 1. The molecule has 0 bridgehead atoms. The van der Waals surface area contributed by atoms with Crippen LogP contribution in [0.15, 0.2) is 42.6 Å². The van der Waals surface area contributed by atoms with Crippen LogP contribution in [0.3, 0.4) is 0 Å². The molecule has 1 aliphatic heterocycles. The van der Waals surface area contributed by atoms with Crippen LogP contribution in [0.4, 0.5) is 14.9 Å². The number of amides is 2. The van der Waals surface area contributed by atoms with Gasteiger partial charge in [0.05, 0.1) is 0 Å². The summed E-state index contributed by atoms with van der Waals surface area (Å²) in [4.78, 5) is 18.7. The van der Waals surface area contributed by atoms with Crippen LogP contribution in [-0.2, 0) is 4.74 Å². The van der Waals surface area contributed by atoms with E-state index in [1.54, 1.807) is 23.2 Å². The summed E-state index contributed by atoms with van der Waals surface area (Å²) in [6.07, 6.45) is 3.23. The Labute approximate surface area is 151 Å². The van der Waals surface area contributed by atoms with Gasteiger partial charge in [0.25, 0.3) is 0 Å². The summed E-state index contributed by atoms with van der Waals surface area (Å²) in [6, 6.07) is 9.04. The highest BCUT2D eigenvalue weighted by Gasteiger charge is 2.25. The first-order chi connectivity index (χ1) is 12.7. The van der Waals surface area contributed by atoms with Crippen LogP contribution in [0.1, 0.15) is 19.8 Å². The Morgan fingerprint density at radius 3 is 2.73 bits per heavy atom. The second-order valence-electron chi connectivity index (χ2n) is 5.97. The van der Waals surface area contributed by atoms with Gasteiger partial charge in [0.2, 0.25) is 5.88 Å². The molecule has 1 aromatic carbocycles. The van der Waals surface area contributed by atoms with Gasteiger partial charge in [0, 0.05) is 32.0 Å². The predicted molar refractivity (Wildman–Crippen MR) is 96.0 cm³/mol. The van der Waals surface area contributed by atoms with Gasteiger partial charge in [-0.25, -0.2) is 14.2 Å². The molecular weight excluding hydrogens is 337 g/mol. The number of benzene rings is 1. The molecule has 1 saturated heterocycles. The Morgan fingerprint density at radius 1 is 1.31 bits per heavy atom. The molecule has 2 aromatic rings. The molecule has 1 fully saturated rings. The van der Waals surface area contributed by atoms with Crippen LogP contribution in [0.2, 0.25) is 0 Å². The fourth-order valence-electron chi connectivity index (χ4n) is 2.93. The van der Waals surface area contributed by atoms with Gasteiger partial charge in [-0.2, -0.15) is 0 Å². The highest BCUT2D eigenvalue weighted by atomic mass is 19.1. The smallest absolute Gasteiger partial charge is 0.322 e. The summed E-state index contributed by atoms with van der Waals surface area (Å²) >= 11 is 0. The van der Waals surface area contributed by atoms with E-state index in [0.717, 1.165) is 12.8 Å². The zero-order chi connectivity index (χ0) is 18.4. The number of aromatic nitrogens is 1. The molecule has 1 N–H and O–H groups in total. The molecule has 1 aromatic heterocycles. The third-order valence-corrected chi connectivity index (χ3v) is 4.27. The topological polar surface area (TPSA) is 63.7 Å². The van der Waals surface area contributed by atoms with Crippen molar-refractivity contribution >= 4 is 11.7 Å². The van der Waals surface area contributed by atoms with E-state index in [0.29, 0.717) is 31.2 Å². The molecular formula is C19H22FN3O3. The van der Waals surface area contributed by atoms with Crippen molar-refractivity contribution < 1.29 is 18.7 Å². The van der Waals surface area contributed by atoms with Gasteiger partial charge in [-0.15, -0.1) is 0 Å². The van der Waals surface area contributed by atoms with Gasteiger partial charge in [0.15, 0.2) is 0 Å². The van der Waals surface area contributed by atoms with Crippen molar-refractivity contribution in [2.75, 3.05) is 25.1 Å². The first kappa shape index (κ1) is 18.1. The largest absolute Gasteiger partial charge is 0.437 e. The number of rotatable bonds is 5. The summed E-state index contributed by atoms with van der Waals surface area (Å²) in [7, 11) is 0. The summed E-state index contributed by atoms with van der Waals surface area (Å²) < 4.78 is 24.1. The number of urea groups is 1. The Balaban J connectivity index is 1.72. The first-order valence-electron chi connectivity index (χ1n) is 8.71. The average Bonchev–Trinajstić information content (AvgIpc) is 2.67. The maximum atomic E-state index is 13.0. The van der Waals surface area contributed by atoms with Gasteiger partial charge in [-0.3, -0.25) is 0 Å². The SMILES string of the molecule is CCN(C(=O)Nc1cccnc1Oc1ccc(F)cc1)C1CCOCC1. The third kappa shape index (κ3) is 4.49. The fraction of sp³-hybridized carbons (Fsp3) is 0.368. The summed E-state index contributed by atoms with van der Waals surface area (Å²) in [5.74, 6) is 0.356. The summed E-state index contributed by atoms with van der Waals surface area (Å²) in [5.41, 5.74) is 0.465. The molecule has 0 radical (unpaired) electrons. The second kappa shape index (κ2) is 8.62. The maximum Gasteiger partial charge on any atom is 0.322 e. The Kier molecular flexibility index (Phi) is 6.01. The van der Waals surface area contributed by atoms with E-state index in [1.165, 1.54) is 24.3 Å². The molecule has 0 saturated carbocycles. The molecule has 0 aliphatic carbocycles. The molecule has 6 nitrogen and oxygen atoms in total. The number of pyridine rings is 1. The average molecular weight is 359 g/mol. The normalized spacial score (nSPS) is 14.7. The van der Waals surface area contributed by atoms with Crippen molar-refractivity contribution in [3.63, 3.8) is 0 Å². The van der Waals surface area contributed by atoms with E-state index in [2.05, 4.69) is 10.3 Å². The quantitative estimate of drug-likeness (QED) is 0.875. The molecule has 26 heavy (non-hydrogen) atoms. The van der Waals surface area contributed by atoms with Gasteiger partial charge in [-0.05, 0) is 56.2 Å². The predicted octanol–water partition coefficient (Wildman–Crippen LogP) is 4.05. The van der Waals surface area contributed by atoms with E-state index < -0.39 is 0 Å². The molecule has 0 atom stereocenters. The molecule has 3 rings (SSSR count). The molecule has 2 heterocycles. The number of nitrogens with zero attached hydrogens (tertiary/aromatic N) is 2. The molecule has 7 heteroatoms. The number of anilines is 1. The molecule has 1 aliphatic rings. The minimum atomic E-state index is -0.345. The number of ether oxygens (including phenoxy) is 2. The van der Waals surface area contributed by atoms with Gasteiger partial charge in [-0.1, -0.05) is 0 Å². The van der Waals surface area contributed by atoms with E-state index in [1.807, 2.05) is 6.92 Å². The standard InChI is InChI=1S/C19H22FN3O3/c1-2-23(15-9-12-25-13-10-15)19(24)22-17-4-3-11-21-18(17)26-16-7-5-14(20)6-8-16/h3-8,11,15H,2,9-10,12-13H2,1H3,(H,22,24). The van der Waals surface area contributed by atoms with Crippen molar-refractivity contribution in [2.45, 2.75) is 25.8 Å². The lowest BCUT2D eigenvalue weighted by molar-refractivity contribution is 0.0494. The van der Waals surface area contributed by atoms with E-state index in [9.17, 15) is 9.18 Å². The number of nitrogens with one attached hydrogen (secondary N) is 1. The van der Waals surface area contributed by atoms with Crippen molar-refractivity contribution in [3.8, 4) is 11.6 Å². The van der Waals surface area contributed by atoms with Crippen molar-refractivity contribution in [1.29, 1.82) is 0 Å². The van der Waals surface area contributed by atoms with Gasteiger partial charge < -0.3 is 19.7 Å². The van der Waals surface area contributed by atoms with Gasteiger partial charge >= 0.3 is 6.03 Å². The number of hydrogen-bond acceptors (Lipinski definition) is 4. The molecule has 0 unspecified atom stereocenters. The number of carbonyl (C=O) groups excluding carboxylic acids is 1. The lowest BCUT2D eigenvalue weighted by Crippen LogP contribution is -2.45.